The Balaban J connectivity index is 0.00000450. The van der Waals surface area contributed by atoms with Crippen LogP contribution in [-0.4, -0.2) is 54.5 Å². The van der Waals surface area contributed by atoms with Crippen LogP contribution in [0.3, 0.4) is 0 Å². The minimum absolute atomic E-state index is 0. The first-order valence-electron chi connectivity index (χ1n) is 9.62. The van der Waals surface area contributed by atoms with Gasteiger partial charge in [-0.05, 0) is 36.2 Å². The maximum absolute atomic E-state index is 5.41. The third-order valence-electron chi connectivity index (χ3n) is 4.57. The molecule has 0 radical (unpaired) electrons. The van der Waals surface area contributed by atoms with E-state index in [2.05, 4.69) is 51.8 Å². The van der Waals surface area contributed by atoms with Crippen LogP contribution >= 0.6 is 24.0 Å². The standard InChI is InChI=1S/C22H32N4O3.HI/c1-23-22(24-12-9-13-26(2)18-10-7-6-8-11-18)25-16-17-14-19(27-3)21(29-5)20(15-17)28-4;/h6-8,10-11,14-15H,9,12-13,16H2,1-5H3,(H2,23,24,25);1H. The lowest BCUT2D eigenvalue weighted by atomic mass is 10.2. The van der Waals surface area contributed by atoms with E-state index in [4.69, 9.17) is 14.2 Å². The van der Waals surface area contributed by atoms with Crippen molar-refractivity contribution < 1.29 is 14.2 Å². The second-order valence-corrected chi connectivity index (χ2v) is 6.50. The van der Waals surface area contributed by atoms with Gasteiger partial charge in [-0.3, -0.25) is 4.99 Å². The molecule has 2 rings (SSSR count). The van der Waals surface area contributed by atoms with E-state index in [0.29, 0.717) is 23.8 Å². The summed E-state index contributed by atoms with van der Waals surface area (Å²) >= 11 is 0. The van der Waals surface area contributed by atoms with Crippen LogP contribution in [-0.2, 0) is 6.54 Å². The van der Waals surface area contributed by atoms with Gasteiger partial charge in [-0.25, -0.2) is 0 Å². The van der Waals surface area contributed by atoms with Crippen molar-refractivity contribution in [2.45, 2.75) is 13.0 Å². The molecule has 2 N–H and O–H groups in total. The Morgan fingerprint density at radius 2 is 1.60 bits per heavy atom. The molecule has 0 fully saturated rings. The summed E-state index contributed by atoms with van der Waals surface area (Å²) in [6.07, 6.45) is 0.996. The number of benzene rings is 2. The molecule has 0 bridgehead atoms. The zero-order valence-electron chi connectivity index (χ0n) is 18.4. The molecule has 7 nitrogen and oxygen atoms in total. The van der Waals surface area contributed by atoms with Crippen LogP contribution in [0.4, 0.5) is 5.69 Å². The molecule has 166 valence electrons. The highest BCUT2D eigenvalue weighted by Crippen LogP contribution is 2.38. The number of nitrogens with one attached hydrogen (secondary N) is 2. The summed E-state index contributed by atoms with van der Waals surface area (Å²) in [4.78, 5) is 6.53. The number of rotatable bonds is 10. The molecule has 0 aliphatic heterocycles. The minimum atomic E-state index is 0. The fourth-order valence-electron chi connectivity index (χ4n) is 2.98. The Labute approximate surface area is 196 Å². The average molecular weight is 528 g/mol. The zero-order valence-corrected chi connectivity index (χ0v) is 20.7. The van der Waals surface area contributed by atoms with Gasteiger partial charge in [-0.15, -0.1) is 24.0 Å². The van der Waals surface area contributed by atoms with Crippen molar-refractivity contribution in [3.63, 3.8) is 0 Å². The quantitative estimate of drug-likeness (QED) is 0.213. The summed E-state index contributed by atoms with van der Waals surface area (Å²) in [5.74, 6) is 2.61. The Morgan fingerprint density at radius 1 is 0.967 bits per heavy atom. The van der Waals surface area contributed by atoms with Gasteiger partial charge in [0, 0.05) is 39.4 Å². The molecule has 0 aromatic heterocycles. The van der Waals surface area contributed by atoms with Crippen LogP contribution in [0.2, 0.25) is 0 Å². The molecular weight excluding hydrogens is 495 g/mol. The maximum Gasteiger partial charge on any atom is 0.203 e. The first-order valence-corrected chi connectivity index (χ1v) is 9.62. The molecule has 0 amide bonds. The molecule has 8 heteroatoms. The fourth-order valence-corrected chi connectivity index (χ4v) is 2.98. The van der Waals surface area contributed by atoms with Gasteiger partial charge in [0.15, 0.2) is 17.5 Å². The average Bonchev–Trinajstić information content (AvgIpc) is 2.78. The van der Waals surface area contributed by atoms with Crippen molar-refractivity contribution in [2.75, 3.05) is 53.4 Å². The van der Waals surface area contributed by atoms with Crippen LogP contribution < -0.4 is 29.7 Å². The first kappa shape index (κ1) is 25.7. The van der Waals surface area contributed by atoms with E-state index in [-0.39, 0.29) is 24.0 Å². The highest BCUT2D eigenvalue weighted by Gasteiger charge is 2.13. The molecule has 30 heavy (non-hydrogen) atoms. The van der Waals surface area contributed by atoms with E-state index in [0.717, 1.165) is 31.0 Å². The van der Waals surface area contributed by atoms with E-state index in [1.54, 1.807) is 28.4 Å². The summed E-state index contributed by atoms with van der Waals surface area (Å²) in [5, 5.41) is 6.67. The second-order valence-electron chi connectivity index (χ2n) is 6.50. The van der Waals surface area contributed by atoms with E-state index in [1.807, 2.05) is 18.2 Å². The van der Waals surface area contributed by atoms with Crippen molar-refractivity contribution in [1.82, 2.24) is 10.6 Å². The Morgan fingerprint density at radius 3 is 2.13 bits per heavy atom. The third-order valence-corrected chi connectivity index (χ3v) is 4.57. The van der Waals surface area contributed by atoms with Crippen LogP contribution in [0.5, 0.6) is 17.2 Å². The number of anilines is 1. The topological polar surface area (TPSA) is 67.4 Å². The molecule has 0 aliphatic carbocycles. The Kier molecular flexibility index (Phi) is 11.8. The molecule has 2 aromatic rings. The summed E-state index contributed by atoms with van der Waals surface area (Å²) in [5.41, 5.74) is 2.23. The van der Waals surface area contributed by atoms with Crippen molar-refractivity contribution in [3.8, 4) is 17.2 Å². The van der Waals surface area contributed by atoms with E-state index < -0.39 is 0 Å². The largest absolute Gasteiger partial charge is 0.493 e. The maximum atomic E-state index is 5.41. The van der Waals surface area contributed by atoms with Crippen molar-refractivity contribution >= 4 is 35.6 Å². The van der Waals surface area contributed by atoms with Gasteiger partial charge in [0.05, 0.1) is 21.3 Å². The summed E-state index contributed by atoms with van der Waals surface area (Å²) in [6, 6.07) is 14.2. The van der Waals surface area contributed by atoms with Crippen molar-refractivity contribution in [1.29, 1.82) is 0 Å². The van der Waals surface area contributed by atoms with E-state index in [9.17, 15) is 0 Å². The van der Waals surface area contributed by atoms with Crippen LogP contribution in [0, 0.1) is 0 Å². The van der Waals surface area contributed by atoms with Gasteiger partial charge in [0.1, 0.15) is 0 Å². The Hall–Kier alpha value is -2.36. The summed E-state index contributed by atoms with van der Waals surface area (Å²) in [7, 11) is 8.69. The van der Waals surface area contributed by atoms with Gasteiger partial charge in [-0.2, -0.15) is 0 Å². The first-order chi connectivity index (χ1) is 14.1. The van der Waals surface area contributed by atoms with Crippen molar-refractivity contribution in [2.24, 2.45) is 4.99 Å². The number of guanidine groups is 1. The molecule has 0 aliphatic rings. The number of hydrogen-bond donors (Lipinski definition) is 2. The number of ether oxygens (including phenoxy) is 3. The van der Waals surface area contributed by atoms with Crippen LogP contribution in [0.1, 0.15) is 12.0 Å². The van der Waals surface area contributed by atoms with E-state index >= 15 is 0 Å². The van der Waals surface area contributed by atoms with Gasteiger partial charge < -0.3 is 29.7 Å². The van der Waals surface area contributed by atoms with Crippen LogP contribution in [0.15, 0.2) is 47.5 Å². The third kappa shape index (κ3) is 7.47. The van der Waals surface area contributed by atoms with Gasteiger partial charge in [0.2, 0.25) is 5.75 Å². The fraction of sp³-hybridized carbons (Fsp3) is 0.409. The summed E-state index contributed by atoms with van der Waals surface area (Å²) < 4.78 is 16.2. The number of methoxy groups -OCH3 is 3. The molecular formula is C22H33IN4O3. The number of hydrogen-bond acceptors (Lipinski definition) is 5. The summed E-state index contributed by atoms with van der Waals surface area (Å²) in [6.45, 7) is 2.37. The predicted octanol–water partition coefficient (Wildman–Crippen LogP) is 3.52. The number of aliphatic imine (C=N–C) groups is 1. The lowest BCUT2D eigenvalue weighted by molar-refractivity contribution is 0.323. The number of nitrogens with zero attached hydrogens (tertiary/aromatic N) is 2. The molecule has 0 saturated heterocycles. The Bertz CT molecular complexity index is 762. The highest BCUT2D eigenvalue weighted by molar-refractivity contribution is 14.0. The van der Waals surface area contributed by atoms with Crippen LogP contribution in [0.25, 0.3) is 0 Å². The van der Waals surface area contributed by atoms with Gasteiger partial charge in [-0.1, -0.05) is 18.2 Å². The van der Waals surface area contributed by atoms with Gasteiger partial charge >= 0.3 is 0 Å². The lowest BCUT2D eigenvalue weighted by Crippen LogP contribution is -2.38. The second kappa shape index (κ2) is 13.8. The molecule has 0 unspecified atom stereocenters. The van der Waals surface area contributed by atoms with Gasteiger partial charge in [0.25, 0.3) is 0 Å². The normalized spacial score (nSPS) is 10.6. The number of para-hydroxylation sites is 1. The minimum Gasteiger partial charge on any atom is -0.493 e. The monoisotopic (exact) mass is 528 g/mol. The van der Waals surface area contributed by atoms with Crippen molar-refractivity contribution in [3.05, 3.63) is 48.0 Å². The smallest absolute Gasteiger partial charge is 0.203 e. The molecule has 2 aromatic carbocycles. The number of halogens is 1. The molecule has 0 spiro atoms. The van der Waals surface area contributed by atoms with E-state index in [1.165, 1.54) is 5.69 Å². The predicted molar refractivity (Wildman–Crippen MR) is 134 cm³/mol. The lowest BCUT2D eigenvalue weighted by Gasteiger charge is -2.20. The molecule has 0 heterocycles. The molecule has 0 saturated carbocycles. The SMILES string of the molecule is CN=C(NCCCN(C)c1ccccc1)NCc1cc(OC)c(OC)c(OC)c1.I. The zero-order chi connectivity index (χ0) is 21.1. The highest BCUT2D eigenvalue weighted by atomic mass is 127. The molecule has 0 atom stereocenters.